The van der Waals surface area contributed by atoms with Crippen LogP contribution in [0.15, 0.2) is 11.6 Å². The van der Waals surface area contributed by atoms with Crippen LogP contribution in [0.3, 0.4) is 0 Å². The fraction of sp³-hybridized carbons (Fsp3) is 0.864. The third-order valence-corrected chi connectivity index (χ3v) is 9.43. The lowest BCUT2D eigenvalue weighted by atomic mass is 9.45. The quantitative estimate of drug-likeness (QED) is 0.548. The van der Waals surface area contributed by atoms with Crippen LogP contribution < -0.4 is 0 Å². The molecule has 0 aromatic rings. The molecule has 3 unspecified atom stereocenters. The second kappa shape index (κ2) is 5.17. The van der Waals surface area contributed by atoms with Gasteiger partial charge in [0.05, 0.1) is 0 Å². The first-order valence-corrected chi connectivity index (χ1v) is 10.1. The van der Waals surface area contributed by atoms with Gasteiger partial charge in [-0.2, -0.15) is 0 Å². The Balaban J connectivity index is 1.69. The predicted octanol–water partition coefficient (Wildman–Crippen LogP) is 5.88. The summed E-state index contributed by atoms with van der Waals surface area (Å²) >= 11 is 0. The van der Waals surface area contributed by atoms with Crippen LogP contribution in [0.1, 0.15) is 79.1 Å². The largest absolute Gasteiger partial charge is 0.299 e. The normalized spacial score (nSPS) is 53.6. The highest BCUT2D eigenvalue weighted by molar-refractivity contribution is 5.83. The molecule has 3 saturated carbocycles. The summed E-state index contributed by atoms with van der Waals surface area (Å²) in [5.41, 5.74) is 1.67. The Kier molecular flexibility index (Phi) is 3.62. The fourth-order valence-corrected chi connectivity index (χ4v) is 7.46. The highest BCUT2D eigenvalue weighted by Crippen LogP contribution is 2.69. The van der Waals surface area contributed by atoms with E-state index in [9.17, 15) is 9.18 Å². The number of carbonyl (C=O) groups excluding carboxylic acids is 1. The average molecular weight is 333 g/mol. The minimum Gasteiger partial charge on any atom is -0.299 e. The maximum absolute atomic E-state index is 13.9. The van der Waals surface area contributed by atoms with Gasteiger partial charge in [-0.1, -0.05) is 32.4 Å². The van der Waals surface area contributed by atoms with Crippen molar-refractivity contribution in [2.24, 2.45) is 34.0 Å². The van der Waals surface area contributed by atoms with Gasteiger partial charge in [-0.25, -0.2) is 4.39 Å². The third-order valence-electron chi connectivity index (χ3n) is 9.43. The number of rotatable bonds is 1. The molecule has 4 aliphatic rings. The lowest BCUT2D eigenvalue weighted by Gasteiger charge is -2.59. The number of halogens is 1. The molecule has 0 spiro atoms. The summed E-state index contributed by atoms with van der Waals surface area (Å²) < 4.78 is 13.9. The molecule has 0 amide bonds. The van der Waals surface area contributed by atoms with Crippen LogP contribution in [0, 0.1) is 34.0 Å². The van der Waals surface area contributed by atoms with Crippen LogP contribution in [0.25, 0.3) is 0 Å². The molecule has 134 valence electrons. The third kappa shape index (κ3) is 1.95. The number of hydrogen-bond donors (Lipinski definition) is 0. The molecule has 0 aromatic carbocycles. The molecule has 2 heteroatoms. The van der Waals surface area contributed by atoms with Crippen molar-refractivity contribution in [1.82, 2.24) is 0 Å². The van der Waals surface area contributed by atoms with Crippen LogP contribution in [0.4, 0.5) is 4.39 Å². The highest BCUT2D eigenvalue weighted by atomic mass is 19.1. The molecule has 4 aliphatic carbocycles. The van der Waals surface area contributed by atoms with Crippen molar-refractivity contribution in [3.63, 3.8) is 0 Å². The van der Waals surface area contributed by atoms with E-state index in [0.29, 0.717) is 30.0 Å². The van der Waals surface area contributed by atoms with Gasteiger partial charge in [0.25, 0.3) is 0 Å². The summed E-state index contributed by atoms with van der Waals surface area (Å²) in [6.07, 6.45) is 10.0. The first-order chi connectivity index (χ1) is 11.2. The SMILES string of the molecule is CC(=O)[C@@]1(C)CCC2C3CC=C4C[C@@H](F)CC[C@]4(C)C3CC[C@@]21C. The summed E-state index contributed by atoms with van der Waals surface area (Å²) in [5, 5.41) is 0. The maximum Gasteiger partial charge on any atom is 0.136 e. The fourth-order valence-electron chi connectivity index (χ4n) is 7.46. The zero-order valence-corrected chi connectivity index (χ0v) is 15.8. The van der Waals surface area contributed by atoms with Gasteiger partial charge in [0.1, 0.15) is 12.0 Å². The van der Waals surface area contributed by atoms with Gasteiger partial charge in [0.2, 0.25) is 0 Å². The summed E-state index contributed by atoms with van der Waals surface area (Å²) in [5.74, 6) is 2.47. The van der Waals surface area contributed by atoms with Crippen molar-refractivity contribution in [1.29, 1.82) is 0 Å². The zero-order valence-electron chi connectivity index (χ0n) is 15.8. The highest BCUT2D eigenvalue weighted by Gasteiger charge is 2.63. The van der Waals surface area contributed by atoms with Gasteiger partial charge < -0.3 is 0 Å². The lowest BCUT2D eigenvalue weighted by Crippen LogP contribution is -2.53. The molecule has 1 nitrogen and oxygen atoms in total. The van der Waals surface area contributed by atoms with Crippen molar-refractivity contribution < 1.29 is 9.18 Å². The van der Waals surface area contributed by atoms with Crippen molar-refractivity contribution in [3.05, 3.63) is 11.6 Å². The summed E-state index contributed by atoms with van der Waals surface area (Å²) in [6.45, 7) is 8.86. The molecule has 4 rings (SSSR count). The molecule has 0 bridgehead atoms. The van der Waals surface area contributed by atoms with Gasteiger partial charge in [0.15, 0.2) is 0 Å². The van der Waals surface area contributed by atoms with Gasteiger partial charge in [-0.15, -0.1) is 0 Å². The van der Waals surface area contributed by atoms with E-state index in [1.54, 1.807) is 0 Å². The predicted molar refractivity (Wildman–Crippen MR) is 95.4 cm³/mol. The monoisotopic (exact) mass is 332 g/mol. The van der Waals surface area contributed by atoms with Crippen LogP contribution in [0.2, 0.25) is 0 Å². The molecule has 0 heterocycles. The standard InChI is InChI=1S/C22H33FO/c1-14(24)21(3)11-9-19-17-6-5-15-13-16(23)7-10-20(15,2)18(17)8-12-22(19,21)4/h5,16-19H,6-13H2,1-4H3/t16-,17?,18?,19?,20-,21+,22-/m0/s1. The zero-order chi connectivity index (χ0) is 17.3. The number of ketones is 1. The Hall–Kier alpha value is -0.660. The van der Waals surface area contributed by atoms with E-state index in [0.717, 1.165) is 25.7 Å². The smallest absolute Gasteiger partial charge is 0.136 e. The van der Waals surface area contributed by atoms with Crippen molar-refractivity contribution in [2.75, 3.05) is 0 Å². The van der Waals surface area contributed by atoms with E-state index >= 15 is 0 Å². The Morgan fingerprint density at radius 1 is 1.08 bits per heavy atom. The average Bonchev–Trinajstić information content (AvgIpc) is 2.81. The summed E-state index contributed by atoms with van der Waals surface area (Å²) in [6, 6.07) is 0. The summed E-state index contributed by atoms with van der Waals surface area (Å²) in [4.78, 5) is 12.5. The topological polar surface area (TPSA) is 17.1 Å². The van der Waals surface area contributed by atoms with Gasteiger partial charge in [-0.3, -0.25) is 4.79 Å². The van der Waals surface area contributed by atoms with Crippen molar-refractivity contribution >= 4 is 5.78 Å². The van der Waals surface area contributed by atoms with Crippen LogP contribution in [-0.4, -0.2) is 12.0 Å². The Bertz CT molecular complexity index is 595. The molecular formula is C22H33FO. The number of carbonyl (C=O) groups is 1. The van der Waals surface area contributed by atoms with Gasteiger partial charge >= 0.3 is 0 Å². The Morgan fingerprint density at radius 3 is 2.50 bits per heavy atom. The van der Waals surface area contributed by atoms with E-state index in [4.69, 9.17) is 0 Å². The molecule has 0 saturated heterocycles. The second-order valence-electron chi connectivity index (χ2n) is 9.98. The van der Waals surface area contributed by atoms with Gasteiger partial charge in [-0.05, 0) is 80.5 Å². The van der Waals surface area contributed by atoms with Crippen LogP contribution >= 0.6 is 0 Å². The van der Waals surface area contributed by atoms with E-state index in [1.165, 1.54) is 24.8 Å². The first-order valence-electron chi connectivity index (χ1n) is 10.1. The minimum absolute atomic E-state index is 0.135. The number of alkyl halides is 1. The second-order valence-corrected chi connectivity index (χ2v) is 9.98. The molecule has 0 aromatic heterocycles. The van der Waals surface area contributed by atoms with E-state index in [-0.39, 0.29) is 16.2 Å². The van der Waals surface area contributed by atoms with Crippen LogP contribution in [-0.2, 0) is 4.79 Å². The van der Waals surface area contributed by atoms with E-state index in [2.05, 4.69) is 26.8 Å². The Morgan fingerprint density at radius 2 is 1.79 bits per heavy atom. The molecular weight excluding hydrogens is 299 g/mol. The van der Waals surface area contributed by atoms with Crippen molar-refractivity contribution in [3.8, 4) is 0 Å². The van der Waals surface area contributed by atoms with Gasteiger partial charge in [0, 0.05) is 11.8 Å². The molecule has 3 fully saturated rings. The number of hydrogen-bond acceptors (Lipinski definition) is 1. The molecule has 0 N–H and O–H groups in total. The number of fused-ring (bicyclic) bond motifs is 5. The van der Waals surface area contributed by atoms with E-state index < -0.39 is 6.17 Å². The van der Waals surface area contributed by atoms with Crippen molar-refractivity contribution in [2.45, 2.75) is 85.2 Å². The number of Topliss-reactive ketones (excluding diaryl/α,β-unsaturated/α-hetero) is 1. The molecule has 0 radical (unpaired) electrons. The van der Waals surface area contributed by atoms with Crippen LogP contribution in [0.5, 0.6) is 0 Å². The van der Waals surface area contributed by atoms with E-state index in [1.807, 2.05) is 6.92 Å². The molecule has 7 atom stereocenters. The molecule has 0 aliphatic heterocycles. The maximum atomic E-state index is 13.9. The first kappa shape index (κ1) is 16.8. The molecule has 24 heavy (non-hydrogen) atoms. The minimum atomic E-state index is -0.623. The lowest BCUT2D eigenvalue weighted by molar-refractivity contribution is -0.138. The summed E-state index contributed by atoms with van der Waals surface area (Å²) in [7, 11) is 0. The Labute approximate surface area is 146 Å². The number of allylic oxidation sites excluding steroid dienone is 2.